The first-order chi connectivity index (χ1) is 12.1. The number of hydrogen-bond donors (Lipinski definition) is 2. The lowest BCUT2D eigenvalue weighted by atomic mass is 9.85. The van der Waals surface area contributed by atoms with E-state index >= 15 is 0 Å². The Kier molecular flexibility index (Phi) is 4.03. The lowest BCUT2D eigenvalue weighted by molar-refractivity contribution is -0.140. The number of anilines is 1. The maximum atomic E-state index is 12.5. The standard InChI is InChI=1S/C16H19N5O3S/c1-2-10-19-20-16(25-10)18-15(24)17-5-6-21-13(22)11-8-3-4-9(7-8)12(11)14(21)23/h3-4,8-9,11-12H,2,5-7H2,1H3,(H2,17,18,20,24). The van der Waals surface area contributed by atoms with Gasteiger partial charge in [-0.1, -0.05) is 30.4 Å². The third kappa shape index (κ3) is 2.72. The van der Waals surface area contributed by atoms with Gasteiger partial charge in [-0.15, -0.1) is 10.2 Å². The minimum Gasteiger partial charge on any atom is -0.336 e. The molecule has 4 atom stereocenters. The van der Waals surface area contributed by atoms with Crippen molar-refractivity contribution in [3.8, 4) is 0 Å². The first kappa shape index (κ1) is 16.2. The molecular formula is C16H19N5O3S. The van der Waals surface area contributed by atoms with E-state index in [1.54, 1.807) is 0 Å². The molecule has 9 heteroatoms. The van der Waals surface area contributed by atoms with Gasteiger partial charge in [0.2, 0.25) is 16.9 Å². The van der Waals surface area contributed by atoms with Crippen LogP contribution in [-0.4, -0.2) is 46.0 Å². The van der Waals surface area contributed by atoms with Gasteiger partial charge in [-0.2, -0.15) is 0 Å². The van der Waals surface area contributed by atoms with Crippen LogP contribution < -0.4 is 10.6 Å². The number of amides is 4. The summed E-state index contributed by atoms with van der Waals surface area (Å²) in [6, 6.07) is -0.417. The van der Waals surface area contributed by atoms with Crippen LogP contribution in [0.3, 0.4) is 0 Å². The molecule has 1 saturated carbocycles. The number of likely N-dealkylation sites (tertiary alicyclic amines) is 1. The number of carbonyl (C=O) groups is 3. The number of urea groups is 1. The number of hydrogen-bond acceptors (Lipinski definition) is 6. The molecule has 1 aliphatic heterocycles. The molecular weight excluding hydrogens is 342 g/mol. The number of rotatable bonds is 5. The quantitative estimate of drug-likeness (QED) is 0.602. The maximum absolute atomic E-state index is 12.5. The van der Waals surface area contributed by atoms with Crippen LogP contribution in [0.5, 0.6) is 0 Å². The molecule has 0 spiro atoms. The van der Waals surface area contributed by atoms with Crippen LogP contribution >= 0.6 is 11.3 Å². The van der Waals surface area contributed by atoms with Crippen molar-refractivity contribution in [1.29, 1.82) is 0 Å². The van der Waals surface area contributed by atoms with Crippen LogP contribution in [0.25, 0.3) is 0 Å². The van der Waals surface area contributed by atoms with Crippen molar-refractivity contribution in [1.82, 2.24) is 20.4 Å². The van der Waals surface area contributed by atoms with Crippen LogP contribution in [0, 0.1) is 23.7 Å². The molecule has 2 heterocycles. The van der Waals surface area contributed by atoms with E-state index in [1.165, 1.54) is 16.2 Å². The molecule has 2 N–H and O–H groups in total. The van der Waals surface area contributed by atoms with E-state index in [9.17, 15) is 14.4 Å². The molecule has 132 valence electrons. The zero-order valence-corrected chi connectivity index (χ0v) is 14.6. The highest BCUT2D eigenvalue weighted by molar-refractivity contribution is 7.15. The van der Waals surface area contributed by atoms with E-state index < -0.39 is 6.03 Å². The predicted molar refractivity (Wildman–Crippen MR) is 90.7 cm³/mol. The van der Waals surface area contributed by atoms with E-state index in [0.29, 0.717) is 5.13 Å². The molecule has 8 nitrogen and oxygen atoms in total. The van der Waals surface area contributed by atoms with Crippen molar-refractivity contribution in [2.45, 2.75) is 19.8 Å². The Morgan fingerprint density at radius 2 is 1.92 bits per heavy atom. The van der Waals surface area contributed by atoms with Crippen LogP contribution in [0.1, 0.15) is 18.4 Å². The Hall–Kier alpha value is -2.29. The van der Waals surface area contributed by atoms with E-state index in [0.717, 1.165) is 17.8 Å². The van der Waals surface area contributed by atoms with Crippen molar-refractivity contribution < 1.29 is 14.4 Å². The molecule has 4 rings (SSSR count). The minimum absolute atomic E-state index is 0.0919. The van der Waals surface area contributed by atoms with Crippen molar-refractivity contribution in [3.63, 3.8) is 0 Å². The summed E-state index contributed by atoms with van der Waals surface area (Å²) < 4.78 is 0. The van der Waals surface area contributed by atoms with Crippen molar-refractivity contribution in [2.24, 2.45) is 23.7 Å². The Bertz CT molecular complexity index is 731. The van der Waals surface area contributed by atoms with E-state index in [1.807, 2.05) is 6.92 Å². The summed E-state index contributed by atoms with van der Waals surface area (Å²) in [5.74, 6) is -0.150. The number of fused-ring (bicyclic) bond motifs is 5. The second-order valence-electron chi connectivity index (χ2n) is 6.56. The molecule has 4 amide bonds. The predicted octanol–water partition coefficient (Wildman–Crippen LogP) is 1.03. The molecule has 0 radical (unpaired) electrons. The third-order valence-corrected chi connectivity index (χ3v) is 6.16. The summed E-state index contributed by atoms with van der Waals surface area (Å²) in [6.07, 6.45) is 5.82. The topological polar surface area (TPSA) is 104 Å². The van der Waals surface area contributed by atoms with E-state index in [-0.39, 0.29) is 48.6 Å². The highest BCUT2D eigenvalue weighted by Gasteiger charge is 2.58. The highest BCUT2D eigenvalue weighted by Crippen LogP contribution is 2.52. The van der Waals surface area contributed by atoms with Gasteiger partial charge in [0.25, 0.3) is 0 Å². The fourth-order valence-electron chi connectivity index (χ4n) is 4.05. The van der Waals surface area contributed by atoms with Crippen molar-refractivity contribution in [3.05, 3.63) is 17.2 Å². The molecule has 1 aromatic heterocycles. The fraction of sp³-hybridized carbons (Fsp3) is 0.562. The lowest BCUT2D eigenvalue weighted by Gasteiger charge is -2.17. The van der Waals surface area contributed by atoms with E-state index in [4.69, 9.17) is 0 Å². The molecule has 2 fully saturated rings. The smallest absolute Gasteiger partial charge is 0.321 e. The Labute approximate surface area is 148 Å². The number of carbonyl (C=O) groups excluding carboxylic acids is 3. The maximum Gasteiger partial charge on any atom is 0.321 e. The molecule has 1 aromatic rings. The summed E-state index contributed by atoms with van der Waals surface area (Å²) in [5.41, 5.74) is 0. The normalized spacial score (nSPS) is 29.4. The summed E-state index contributed by atoms with van der Waals surface area (Å²) in [6.45, 7) is 2.38. The van der Waals surface area contributed by atoms with Crippen molar-refractivity contribution in [2.75, 3.05) is 18.4 Å². The van der Waals surface area contributed by atoms with Gasteiger partial charge < -0.3 is 5.32 Å². The van der Waals surface area contributed by atoms with Gasteiger partial charge in [-0.05, 0) is 24.7 Å². The average Bonchev–Trinajstić information content (AvgIpc) is 3.35. The summed E-state index contributed by atoms with van der Waals surface area (Å²) in [4.78, 5) is 38.2. The SMILES string of the molecule is CCc1nnc(NC(=O)NCCN2C(=O)C3C4C=CC(C4)C3C2=O)s1. The average molecular weight is 361 g/mol. The summed E-state index contributed by atoms with van der Waals surface area (Å²) in [7, 11) is 0. The Morgan fingerprint density at radius 1 is 1.24 bits per heavy atom. The van der Waals surface area contributed by atoms with Crippen LogP contribution in [0.4, 0.5) is 9.93 Å². The molecule has 4 unspecified atom stereocenters. The highest BCUT2D eigenvalue weighted by atomic mass is 32.1. The minimum atomic E-state index is -0.417. The van der Waals surface area contributed by atoms with Gasteiger partial charge in [0.05, 0.1) is 11.8 Å². The van der Waals surface area contributed by atoms with Gasteiger partial charge in [0.15, 0.2) is 0 Å². The summed E-state index contributed by atoms with van der Waals surface area (Å²) >= 11 is 1.32. The number of nitrogens with zero attached hydrogens (tertiary/aromatic N) is 3. The molecule has 0 aromatic carbocycles. The number of imide groups is 1. The third-order valence-electron chi connectivity index (χ3n) is 5.17. The van der Waals surface area contributed by atoms with Crippen LogP contribution in [0.2, 0.25) is 0 Å². The zero-order chi connectivity index (χ0) is 17.6. The second-order valence-corrected chi connectivity index (χ2v) is 7.63. The van der Waals surface area contributed by atoms with Gasteiger partial charge >= 0.3 is 6.03 Å². The summed E-state index contributed by atoms with van der Waals surface area (Å²) in [5, 5.41) is 14.3. The molecule has 2 aliphatic carbocycles. The molecule has 3 aliphatic rings. The van der Waals surface area contributed by atoms with Crippen LogP contribution in [-0.2, 0) is 16.0 Å². The van der Waals surface area contributed by atoms with Crippen LogP contribution in [0.15, 0.2) is 12.2 Å². The zero-order valence-electron chi connectivity index (χ0n) is 13.8. The largest absolute Gasteiger partial charge is 0.336 e. The number of aromatic nitrogens is 2. The van der Waals surface area contributed by atoms with Gasteiger partial charge in [-0.3, -0.25) is 19.8 Å². The molecule has 2 bridgehead atoms. The number of nitrogens with one attached hydrogen (secondary N) is 2. The molecule has 25 heavy (non-hydrogen) atoms. The monoisotopic (exact) mass is 361 g/mol. The Balaban J connectivity index is 1.28. The number of aryl methyl sites for hydroxylation is 1. The van der Waals surface area contributed by atoms with Gasteiger partial charge in [0.1, 0.15) is 5.01 Å². The fourth-order valence-corrected chi connectivity index (χ4v) is 4.73. The first-order valence-electron chi connectivity index (χ1n) is 8.49. The second kappa shape index (κ2) is 6.21. The van der Waals surface area contributed by atoms with Crippen molar-refractivity contribution >= 4 is 34.3 Å². The van der Waals surface area contributed by atoms with Gasteiger partial charge in [0, 0.05) is 13.1 Å². The van der Waals surface area contributed by atoms with Gasteiger partial charge in [-0.25, -0.2) is 4.79 Å². The lowest BCUT2D eigenvalue weighted by Crippen LogP contribution is -2.40. The Morgan fingerprint density at radius 3 is 2.52 bits per heavy atom. The van der Waals surface area contributed by atoms with E-state index in [2.05, 4.69) is 33.0 Å². The first-order valence-corrected chi connectivity index (χ1v) is 9.31. The number of allylic oxidation sites excluding steroid dienone is 2. The molecule has 1 saturated heterocycles.